The molecule has 8 nitrogen and oxygen atoms in total. The minimum Gasteiger partial charge on any atom is -0.350 e. The van der Waals surface area contributed by atoms with Crippen LogP contribution >= 0.6 is 11.8 Å². The molecular formula is C14H10F3N5O3S. The maximum Gasteiger partial charge on any atom is 0.417 e. The standard InChI is InChI=1S/C14H10F3N5O3S/c15-14(16,17)9-2-4-12(19-7-9)26-11-3-1-8(5-10(11)22(24)25)6-20-21-13(18)23/h1-7H,(H3,18,21,23). The number of nitro groups is 1. The molecule has 0 fully saturated rings. The van der Waals surface area contributed by atoms with Crippen molar-refractivity contribution >= 4 is 29.7 Å². The van der Waals surface area contributed by atoms with Gasteiger partial charge in [-0.05, 0) is 18.2 Å². The highest BCUT2D eigenvalue weighted by molar-refractivity contribution is 7.99. The van der Waals surface area contributed by atoms with Gasteiger partial charge in [-0.25, -0.2) is 15.2 Å². The number of primary amides is 1. The number of hydrogen-bond acceptors (Lipinski definition) is 6. The molecule has 2 aromatic rings. The van der Waals surface area contributed by atoms with Crippen LogP contribution in [0.5, 0.6) is 0 Å². The molecule has 0 saturated carbocycles. The molecule has 0 aliphatic heterocycles. The van der Waals surface area contributed by atoms with Gasteiger partial charge in [0.1, 0.15) is 5.03 Å². The first-order chi connectivity index (χ1) is 12.2. The van der Waals surface area contributed by atoms with Gasteiger partial charge in [-0.3, -0.25) is 10.1 Å². The molecule has 2 amide bonds. The maximum atomic E-state index is 12.5. The second-order valence-electron chi connectivity index (χ2n) is 4.70. The monoisotopic (exact) mass is 385 g/mol. The van der Waals surface area contributed by atoms with Crippen LogP contribution in [0.3, 0.4) is 0 Å². The van der Waals surface area contributed by atoms with E-state index in [0.29, 0.717) is 11.8 Å². The van der Waals surface area contributed by atoms with Gasteiger partial charge in [0, 0.05) is 17.8 Å². The van der Waals surface area contributed by atoms with Crippen molar-refractivity contribution in [2.45, 2.75) is 16.1 Å². The van der Waals surface area contributed by atoms with E-state index in [1.165, 1.54) is 18.2 Å². The average Bonchev–Trinajstić information content (AvgIpc) is 2.55. The number of nitrogens with one attached hydrogen (secondary N) is 1. The number of hydrogen-bond donors (Lipinski definition) is 2. The van der Waals surface area contributed by atoms with Crippen LogP contribution in [-0.4, -0.2) is 22.2 Å². The molecule has 136 valence electrons. The Balaban J connectivity index is 2.24. The molecule has 3 N–H and O–H groups in total. The third kappa shape index (κ3) is 5.17. The van der Waals surface area contributed by atoms with E-state index < -0.39 is 22.7 Å². The van der Waals surface area contributed by atoms with Crippen molar-refractivity contribution in [2.75, 3.05) is 0 Å². The average molecular weight is 385 g/mol. The van der Waals surface area contributed by atoms with E-state index in [9.17, 15) is 28.1 Å². The minimum atomic E-state index is -4.51. The Labute approximate surface area is 148 Å². The Bertz CT molecular complexity index is 856. The number of halogens is 3. The van der Waals surface area contributed by atoms with Crippen LogP contribution in [0.25, 0.3) is 0 Å². The van der Waals surface area contributed by atoms with Gasteiger partial charge in [0.05, 0.1) is 21.6 Å². The predicted molar refractivity (Wildman–Crippen MR) is 86.8 cm³/mol. The van der Waals surface area contributed by atoms with Crippen molar-refractivity contribution in [2.24, 2.45) is 10.8 Å². The number of alkyl halides is 3. The maximum absolute atomic E-state index is 12.5. The molecule has 0 aliphatic rings. The van der Waals surface area contributed by atoms with Gasteiger partial charge in [0.15, 0.2) is 0 Å². The number of urea groups is 1. The fourth-order valence-corrected chi connectivity index (χ4v) is 2.58. The Morgan fingerprint density at radius 2 is 2.08 bits per heavy atom. The third-order valence-corrected chi connectivity index (χ3v) is 3.86. The summed E-state index contributed by atoms with van der Waals surface area (Å²) in [7, 11) is 0. The number of nitrogens with zero attached hydrogens (tertiary/aromatic N) is 3. The highest BCUT2D eigenvalue weighted by Gasteiger charge is 2.30. The fourth-order valence-electron chi connectivity index (χ4n) is 1.74. The molecular weight excluding hydrogens is 375 g/mol. The van der Waals surface area contributed by atoms with Crippen molar-refractivity contribution < 1.29 is 22.9 Å². The lowest BCUT2D eigenvalue weighted by molar-refractivity contribution is -0.387. The van der Waals surface area contributed by atoms with Gasteiger partial charge in [-0.2, -0.15) is 18.3 Å². The zero-order valence-electron chi connectivity index (χ0n) is 12.7. The Morgan fingerprint density at radius 1 is 1.35 bits per heavy atom. The molecule has 1 aromatic heterocycles. The predicted octanol–water partition coefficient (Wildman–Crippen LogP) is 3.16. The molecule has 0 aliphatic carbocycles. The van der Waals surface area contributed by atoms with E-state index in [4.69, 9.17) is 5.73 Å². The summed E-state index contributed by atoms with van der Waals surface area (Å²) in [5.74, 6) is 0. The SMILES string of the molecule is NC(=O)NN=Cc1ccc(Sc2ccc(C(F)(F)F)cn2)c([N+](=O)[O-])c1. The second kappa shape index (κ2) is 7.82. The number of benzene rings is 1. The number of pyridine rings is 1. The molecule has 1 aromatic carbocycles. The first-order valence-corrected chi connectivity index (χ1v) is 7.56. The Hall–Kier alpha value is -3.15. The summed E-state index contributed by atoms with van der Waals surface area (Å²) >= 11 is 0.845. The summed E-state index contributed by atoms with van der Waals surface area (Å²) in [6.45, 7) is 0. The van der Waals surface area contributed by atoms with Crippen LogP contribution in [0.1, 0.15) is 11.1 Å². The topological polar surface area (TPSA) is 124 Å². The lowest BCUT2D eigenvalue weighted by Crippen LogP contribution is -2.24. The summed E-state index contributed by atoms with van der Waals surface area (Å²) in [5, 5.41) is 14.9. The normalized spacial score (nSPS) is 11.5. The van der Waals surface area contributed by atoms with Gasteiger partial charge in [-0.15, -0.1) is 0 Å². The second-order valence-corrected chi connectivity index (χ2v) is 5.77. The van der Waals surface area contributed by atoms with E-state index in [0.717, 1.165) is 30.1 Å². The number of aromatic nitrogens is 1. The Morgan fingerprint density at radius 3 is 2.62 bits per heavy atom. The summed E-state index contributed by atoms with van der Waals surface area (Å²) in [5.41, 5.74) is 5.89. The van der Waals surface area contributed by atoms with Crippen LogP contribution in [0.2, 0.25) is 0 Å². The highest BCUT2D eigenvalue weighted by Crippen LogP contribution is 2.35. The lowest BCUT2D eigenvalue weighted by Gasteiger charge is -2.07. The number of amides is 2. The highest BCUT2D eigenvalue weighted by atomic mass is 32.2. The van der Waals surface area contributed by atoms with Gasteiger partial charge in [0.25, 0.3) is 5.69 Å². The van der Waals surface area contributed by atoms with Crippen LogP contribution in [0, 0.1) is 10.1 Å². The molecule has 0 spiro atoms. The van der Waals surface area contributed by atoms with Gasteiger partial charge >= 0.3 is 12.2 Å². The molecule has 0 bridgehead atoms. The first kappa shape index (κ1) is 19.2. The van der Waals surface area contributed by atoms with Gasteiger partial charge in [-0.1, -0.05) is 17.8 Å². The molecule has 0 atom stereocenters. The van der Waals surface area contributed by atoms with Crippen molar-refractivity contribution in [1.29, 1.82) is 0 Å². The largest absolute Gasteiger partial charge is 0.417 e. The molecule has 12 heteroatoms. The number of nitrogens with two attached hydrogens (primary N) is 1. The van der Waals surface area contributed by atoms with Crippen molar-refractivity contribution in [3.05, 3.63) is 57.8 Å². The number of carbonyl (C=O) groups is 1. The summed E-state index contributed by atoms with van der Waals surface area (Å²) in [4.78, 5) is 24.9. The smallest absolute Gasteiger partial charge is 0.350 e. The lowest BCUT2D eigenvalue weighted by atomic mass is 10.2. The first-order valence-electron chi connectivity index (χ1n) is 6.75. The minimum absolute atomic E-state index is 0.165. The van der Waals surface area contributed by atoms with E-state index in [2.05, 4.69) is 10.1 Å². The quantitative estimate of drug-likeness (QED) is 0.465. The van der Waals surface area contributed by atoms with Crippen molar-refractivity contribution in [1.82, 2.24) is 10.4 Å². The van der Waals surface area contributed by atoms with Crippen LogP contribution in [0.15, 0.2) is 51.6 Å². The zero-order valence-corrected chi connectivity index (χ0v) is 13.5. The third-order valence-electron chi connectivity index (χ3n) is 2.85. The zero-order chi connectivity index (χ0) is 19.3. The van der Waals surface area contributed by atoms with E-state index >= 15 is 0 Å². The van der Waals surface area contributed by atoms with Gasteiger partial charge in [0.2, 0.25) is 0 Å². The summed E-state index contributed by atoms with van der Waals surface area (Å²) in [6.07, 6.45) is -2.70. The van der Waals surface area contributed by atoms with Crippen LogP contribution in [0.4, 0.5) is 23.7 Å². The van der Waals surface area contributed by atoms with Crippen LogP contribution in [-0.2, 0) is 6.18 Å². The van der Waals surface area contributed by atoms with E-state index in [-0.39, 0.29) is 15.6 Å². The number of nitro benzene ring substituents is 1. The molecule has 26 heavy (non-hydrogen) atoms. The van der Waals surface area contributed by atoms with Crippen molar-refractivity contribution in [3.63, 3.8) is 0 Å². The molecule has 1 heterocycles. The van der Waals surface area contributed by atoms with E-state index in [1.807, 2.05) is 5.43 Å². The molecule has 0 unspecified atom stereocenters. The van der Waals surface area contributed by atoms with Crippen LogP contribution < -0.4 is 11.2 Å². The molecule has 0 radical (unpaired) electrons. The molecule has 2 rings (SSSR count). The number of carbonyl (C=O) groups excluding carboxylic acids is 1. The number of hydrazone groups is 1. The van der Waals surface area contributed by atoms with Crippen molar-refractivity contribution in [3.8, 4) is 0 Å². The summed E-state index contributed by atoms with van der Waals surface area (Å²) in [6, 6.07) is 5.15. The number of rotatable bonds is 5. The summed E-state index contributed by atoms with van der Waals surface area (Å²) < 4.78 is 37.6. The van der Waals surface area contributed by atoms with Gasteiger partial charge < -0.3 is 5.73 Å². The fraction of sp³-hybridized carbons (Fsp3) is 0.0714. The van der Waals surface area contributed by atoms with E-state index in [1.54, 1.807) is 0 Å². The Kier molecular flexibility index (Phi) is 5.77. The molecule has 0 saturated heterocycles.